The van der Waals surface area contributed by atoms with Crippen molar-refractivity contribution in [1.82, 2.24) is 0 Å². The van der Waals surface area contributed by atoms with E-state index in [9.17, 15) is 27.0 Å². The Bertz CT molecular complexity index is 1550. The fourth-order valence-electron chi connectivity index (χ4n) is 5.76. The highest BCUT2D eigenvalue weighted by atomic mass is 32.2. The fourth-order valence-corrected chi connectivity index (χ4v) is 9.73. The number of para-hydroxylation sites is 1. The van der Waals surface area contributed by atoms with Gasteiger partial charge >= 0.3 is 0 Å². The summed E-state index contributed by atoms with van der Waals surface area (Å²) in [6.45, 7) is 14.0. The van der Waals surface area contributed by atoms with Gasteiger partial charge in [0.1, 0.15) is 10.7 Å². The van der Waals surface area contributed by atoms with E-state index in [4.69, 9.17) is 0 Å². The summed E-state index contributed by atoms with van der Waals surface area (Å²) in [7, 11) is -8.38. The maximum absolute atomic E-state index is 13.8. The van der Waals surface area contributed by atoms with Crippen LogP contribution in [0, 0.1) is 11.8 Å². The lowest BCUT2D eigenvalue weighted by Gasteiger charge is -2.38. The Labute approximate surface area is 244 Å². The number of sulfonamides is 2. The molecule has 1 atom stereocenters. The van der Waals surface area contributed by atoms with Gasteiger partial charge in [0.2, 0.25) is 0 Å². The van der Waals surface area contributed by atoms with Crippen molar-refractivity contribution in [2.75, 3.05) is 41.3 Å². The van der Waals surface area contributed by atoms with Gasteiger partial charge in [0.05, 0.1) is 35.9 Å². The molecule has 0 aromatic heterocycles. The number of hydrogen-bond acceptors (Lipinski definition) is 6. The molecule has 1 fully saturated rings. The number of rotatable bonds is 8. The van der Waals surface area contributed by atoms with Crippen LogP contribution in [0.4, 0.5) is 11.4 Å². The van der Waals surface area contributed by atoms with Crippen molar-refractivity contribution in [3.05, 3.63) is 63.4 Å². The van der Waals surface area contributed by atoms with Gasteiger partial charge in [-0.25, -0.2) is 16.8 Å². The Morgan fingerprint density at radius 3 is 1.95 bits per heavy atom. The summed E-state index contributed by atoms with van der Waals surface area (Å²) >= 11 is 0. The number of nitrogens with zero attached hydrogens (tertiary/aromatic N) is 2. The third-order valence-electron chi connectivity index (χ3n) is 8.17. The topological polar surface area (TPSA) is 122 Å². The predicted octanol–water partition coefficient (Wildman–Crippen LogP) is 3.32. The number of allylic oxidation sites excluding steroid dienone is 2. The number of aliphatic hydroxyl groups excluding tert-OH is 1. The van der Waals surface area contributed by atoms with Crippen molar-refractivity contribution >= 4 is 43.3 Å². The standard InChI is InChI=1S/C24H26N2O6S2.C6H15N/c1-3-25-19-10-7-11-20(27)17(19)14-21(33(25,29)30)22(15-12-13-15)24-23(28)16-8-5-6-9-18(16)26(4-2)34(24,31)32;1-4-7(5-2)6-3/h5-11,14-15,22,27-28H,3-4,12-13H2,1-2H3;4-6H2,1-3H3. The van der Waals surface area contributed by atoms with Crippen molar-refractivity contribution in [3.8, 4) is 5.75 Å². The third-order valence-corrected chi connectivity index (χ3v) is 12.2. The van der Waals surface area contributed by atoms with Gasteiger partial charge in [-0.15, -0.1) is 0 Å². The SMILES string of the molecule is CCN1c2ccccc2C(O)=C(C(C2=Cc3c([O-])cccc3N(CC)S2(=O)=O)C2CC2)S1(=O)=O.CC[NH+](CC)CC. The van der Waals surface area contributed by atoms with Crippen LogP contribution in [0.5, 0.6) is 5.75 Å². The Kier molecular flexibility index (Phi) is 9.10. The summed E-state index contributed by atoms with van der Waals surface area (Å²) in [6.07, 6.45) is 2.56. The Morgan fingerprint density at radius 1 is 0.854 bits per heavy atom. The van der Waals surface area contributed by atoms with Crippen molar-refractivity contribution < 1.29 is 31.9 Å². The van der Waals surface area contributed by atoms with E-state index in [0.717, 1.165) is 4.31 Å². The molecule has 1 aliphatic carbocycles. The first-order valence-corrected chi connectivity index (χ1v) is 17.3. The fraction of sp³-hybridized carbons (Fsp3) is 0.467. The smallest absolute Gasteiger partial charge is 0.264 e. The molecular formula is C30H41N3O6S2. The Balaban J connectivity index is 0.000000493. The zero-order chi connectivity index (χ0) is 30.1. The van der Waals surface area contributed by atoms with Crippen molar-refractivity contribution in [2.45, 2.75) is 47.5 Å². The summed E-state index contributed by atoms with van der Waals surface area (Å²) in [5, 5.41) is 23.9. The number of hydrogen-bond donors (Lipinski definition) is 2. The molecule has 5 rings (SSSR count). The van der Waals surface area contributed by atoms with Crippen LogP contribution in [0.25, 0.3) is 11.8 Å². The maximum Gasteiger partial charge on any atom is 0.264 e. The van der Waals surface area contributed by atoms with Crippen LogP contribution >= 0.6 is 0 Å². The number of anilines is 2. The first kappa shape index (κ1) is 30.9. The van der Waals surface area contributed by atoms with E-state index in [0.29, 0.717) is 24.1 Å². The van der Waals surface area contributed by atoms with Crippen LogP contribution in [0.3, 0.4) is 0 Å². The number of benzene rings is 2. The first-order valence-electron chi connectivity index (χ1n) is 14.4. The Hall–Kier alpha value is -3.02. The summed E-state index contributed by atoms with van der Waals surface area (Å²) in [5.41, 5.74) is 1.17. The second-order valence-corrected chi connectivity index (χ2v) is 14.1. The van der Waals surface area contributed by atoms with E-state index in [2.05, 4.69) is 20.8 Å². The van der Waals surface area contributed by atoms with Gasteiger partial charge in [0.15, 0.2) is 0 Å². The van der Waals surface area contributed by atoms with Crippen molar-refractivity contribution in [2.24, 2.45) is 11.8 Å². The molecule has 1 saturated carbocycles. The zero-order valence-corrected chi connectivity index (χ0v) is 26.1. The van der Waals surface area contributed by atoms with E-state index < -0.39 is 31.7 Å². The molecule has 11 heteroatoms. The Morgan fingerprint density at radius 2 is 1.41 bits per heavy atom. The minimum atomic E-state index is -4.23. The van der Waals surface area contributed by atoms with Gasteiger partial charge in [-0.3, -0.25) is 8.61 Å². The third kappa shape index (κ3) is 5.47. The van der Waals surface area contributed by atoms with Crippen LogP contribution in [0.2, 0.25) is 0 Å². The molecule has 1 unspecified atom stereocenters. The maximum atomic E-state index is 13.8. The molecule has 0 amide bonds. The summed E-state index contributed by atoms with van der Waals surface area (Å²) in [6, 6.07) is 11.1. The molecular weight excluding hydrogens is 562 g/mol. The monoisotopic (exact) mass is 603 g/mol. The van der Waals surface area contributed by atoms with E-state index >= 15 is 0 Å². The predicted molar refractivity (Wildman–Crippen MR) is 163 cm³/mol. The van der Waals surface area contributed by atoms with Crippen LogP contribution in [0.15, 0.2) is 52.3 Å². The molecule has 2 aromatic carbocycles. The average molecular weight is 604 g/mol. The van der Waals surface area contributed by atoms with Gasteiger partial charge in [-0.2, -0.15) is 0 Å². The molecule has 2 aromatic rings. The average Bonchev–Trinajstić information content (AvgIpc) is 3.78. The summed E-state index contributed by atoms with van der Waals surface area (Å²) < 4.78 is 57.6. The minimum Gasteiger partial charge on any atom is -0.872 e. The second kappa shape index (κ2) is 12.1. The van der Waals surface area contributed by atoms with Crippen LogP contribution in [-0.4, -0.2) is 54.7 Å². The number of nitrogens with one attached hydrogen (secondary N) is 1. The molecule has 2 N–H and O–H groups in total. The number of quaternary nitrogens is 1. The van der Waals surface area contributed by atoms with Crippen LogP contribution < -0.4 is 18.6 Å². The number of aliphatic hydroxyl groups is 1. The molecule has 2 heterocycles. The zero-order valence-electron chi connectivity index (χ0n) is 24.4. The van der Waals surface area contributed by atoms with E-state index in [1.54, 1.807) is 49.1 Å². The summed E-state index contributed by atoms with van der Waals surface area (Å²) in [5.74, 6) is -2.16. The van der Waals surface area contributed by atoms with E-state index in [1.165, 1.54) is 42.1 Å². The highest BCUT2D eigenvalue weighted by Gasteiger charge is 2.51. The minimum absolute atomic E-state index is 0.0786. The highest BCUT2D eigenvalue weighted by Crippen LogP contribution is 2.54. The molecule has 2 aliphatic heterocycles. The van der Waals surface area contributed by atoms with E-state index in [-0.39, 0.29) is 45.8 Å². The molecule has 224 valence electrons. The van der Waals surface area contributed by atoms with Gasteiger partial charge < -0.3 is 15.1 Å². The largest absolute Gasteiger partial charge is 0.872 e. The lowest BCUT2D eigenvalue weighted by Crippen LogP contribution is -3.11. The molecule has 0 spiro atoms. The lowest BCUT2D eigenvalue weighted by atomic mass is 9.96. The van der Waals surface area contributed by atoms with Crippen LogP contribution in [-0.2, 0) is 20.0 Å². The molecule has 0 radical (unpaired) electrons. The van der Waals surface area contributed by atoms with Gasteiger partial charge in [0.25, 0.3) is 20.0 Å². The molecule has 9 nitrogen and oxygen atoms in total. The van der Waals surface area contributed by atoms with Crippen LogP contribution in [0.1, 0.15) is 58.6 Å². The van der Waals surface area contributed by atoms with Gasteiger partial charge in [-0.05, 0) is 83.2 Å². The van der Waals surface area contributed by atoms with Crippen molar-refractivity contribution in [1.29, 1.82) is 0 Å². The second-order valence-electron chi connectivity index (χ2n) is 10.4. The first-order chi connectivity index (χ1) is 19.5. The van der Waals surface area contributed by atoms with Gasteiger partial charge in [-0.1, -0.05) is 30.0 Å². The molecule has 3 aliphatic rings. The van der Waals surface area contributed by atoms with Crippen molar-refractivity contribution in [3.63, 3.8) is 0 Å². The quantitative estimate of drug-likeness (QED) is 0.478. The van der Waals surface area contributed by atoms with Gasteiger partial charge in [0, 0.05) is 24.6 Å². The number of fused-ring (bicyclic) bond motifs is 2. The lowest BCUT2D eigenvalue weighted by molar-refractivity contribution is -0.894. The van der Waals surface area contributed by atoms with E-state index in [1.807, 2.05) is 0 Å². The molecule has 0 saturated heterocycles. The highest BCUT2D eigenvalue weighted by molar-refractivity contribution is 7.98. The molecule has 0 bridgehead atoms. The normalized spacial score (nSPS) is 19.6. The molecule has 41 heavy (non-hydrogen) atoms. The summed E-state index contributed by atoms with van der Waals surface area (Å²) in [4.78, 5) is 1.21.